The molecule has 2 amide bonds. The van der Waals surface area contributed by atoms with Gasteiger partial charge in [0.25, 0.3) is 5.91 Å². The number of carbonyl (C=O) groups is 2. The van der Waals surface area contributed by atoms with Crippen molar-refractivity contribution in [3.8, 4) is 17.0 Å². The zero-order chi connectivity index (χ0) is 29.3. The molecular weight excluding hydrogens is 555 g/mol. The Kier molecular flexibility index (Phi) is 8.04. The van der Waals surface area contributed by atoms with Crippen LogP contribution in [0.3, 0.4) is 0 Å². The van der Waals surface area contributed by atoms with Gasteiger partial charge in [-0.3, -0.25) is 9.59 Å². The van der Waals surface area contributed by atoms with Gasteiger partial charge in [0.15, 0.2) is 12.6 Å². The quantitative estimate of drug-likeness (QED) is 0.349. The normalized spacial score (nSPS) is 19.0. The average Bonchev–Trinajstić information content (AvgIpc) is 3.53. The Balaban J connectivity index is 1.32. The molecule has 13 heteroatoms. The number of carbonyl (C=O) groups excluding carboxylic acids is 2. The fourth-order valence-electron chi connectivity index (χ4n) is 4.67. The largest absolute Gasteiger partial charge is 0.497 e. The van der Waals surface area contributed by atoms with E-state index in [9.17, 15) is 19.1 Å². The van der Waals surface area contributed by atoms with Crippen LogP contribution in [0.25, 0.3) is 11.3 Å². The molecule has 2 aliphatic heterocycles. The monoisotopic (exact) mass is 582 g/mol. The van der Waals surface area contributed by atoms with Gasteiger partial charge in [-0.15, -0.1) is 0 Å². The van der Waals surface area contributed by atoms with Crippen molar-refractivity contribution in [1.82, 2.24) is 20.2 Å². The molecule has 4 atom stereocenters. The molecule has 5 rings (SSSR count). The number of benzene rings is 2. The molecule has 3 heterocycles. The Bertz CT molecular complexity index is 1520. The van der Waals surface area contributed by atoms with E-state index in [1.807, 2.05) is 6.92 Å². The highest BCUT2D eigenvalue weighted by Gasteiger charge is 2.35. The van der Waals surface area contributed by atoms with Crippen LogP contribution in [-0.2, 0) is 16.1 Å². The summed E-state index contributed by atoms with van der Waals surface area (Å²) < 4.78 is 24.4. The van der Waals surface area contributed by atoms with Crippen molar-refractivity contribution < 1.29 is 28.6 Å². The molecule has 0 aliphatic carbocycles. The lowest BCUT2D eigenvalue weighted by Gasteiger charge is -2.26. The van der Waals surface area contributed by atoms with Crippen molar-refractivity contribution in [2.24, 2.45) is 4.99 Å². The molecule has 0 saturated heterocycles. The molecule has 0 unspecified atom stereocenters. The molecule has 0 spiro atoms. The number of aliphatic imine (C=N–C) groups is 1. The van der Waals surface area contributed by atoms with Crippen LogP contribution in [0.4, 0.5) is 10.3 Å². The van der Waals surface area contributed by atoms with E-state index in [4.69, 9.17) is 21.1 Å². The smallest absolute Gasteiger partial charge is 0.255 e. The summed E-state index contributed by atoms with van der Waals surface area (Å²) >= 11 is 6.42. The van der Waals surface area contributed by atoms with Gasteiger partial charge in [-0.25, -0.2) is 19.4 Å². The van der Waals surface area contributed by atoms with Crippen LogP contribution in [0.5, 0.6) is 5.75 Å². The standard InChI is InChI=1S/C28H28ClFN6O5/c1-14(26(38)33-23(12-37)18-6-19(30)9-20(7-18)40-3)36-11-17-5-4-16(8-21(17)27(36)39)24-22(29)10-31-28(34-24)35-25-15(2)41-13-32-25/h4-10,13-15,23,25,37H,11-12H2,1-3H3,(H,33,38)(H,31,34,35)/t14-,15-,23-,25+/m1/s1. The van der Waals surface area contributed by atoms with E-state index in [1.54, 1.807) is 25.1 Å². The maximum atomic E-state index is 14.0. The summed E-state index contributed by atoms with van der Waals surface area (Å²) in [6, 6.07) is 7.45. The van der Waals surface area contributed by atoms with Crippen LogP contribution in [0.1, 0.15) is 41.4 Å². The van der Waals surface area contributed by atoms with E-state index < -0.39 is 30.4 Å². The third-order valence-electron chi connectivity index (χ3n) is 7.06. The first-order valence-corrected chi connectivity index (χ1v) is 13.2. The van der Waals surface area contributed by atoms with E-state index in [0.29, 0.717) is 33.4 Å². The highest BCUT2D eigenvalue weighted by molar-refractivity contribution is 6.33. The summed E-state index contributed by atoms with van der Waals surface area (Å²) in [5.41, 5.74) is 2.52. The Morgan fingerprint density at radius 3 is 2.83 bits per heavy atom. The highest BCUT2D eigenvalue weighted by Crippen LogP contribution is 2.32. The lowest BCUT2D eigenvalue weighted by molar-refractivity contribution is -0.126. The second kappa shape index (κ2) is 11.7. The number of aliphatic hydroxyl groups excluding tert-OH is 1. The number of nitrogens with zero attached hydrogens (tertiary/aromatic N) is 4. The van der Waals surface area contributed by atoms with Gasteiger partial charge >= 0.3 is 0 Å². The summed E-state index contributed by atoms with van der Waals surface area (Å²) in [6.07, 6.45) is 2.31. The van der Waals surface area contributed by atoms with Gasteiger partial charge in [-0.05, 0) is 43.2 Å². The fourth-order valence-corrected chi connectivity index (χ4v) is 4.87. The van der Waals surface area contributed by atoms with E-state index in [1.165, 1.54) is 42.8 Å². The number of fused-ring (bicyclic) bond motifs is 1. The molecule has 1 aromatic heterocycles. The van der Waals surface area contributed by atoms with Gasteiger partial charge in [0.1, 0.15) is 23.7 Å². The molecular formula is C28H28ClFN6O5. The van der Waals surface area contributed by atoms with Gasteiger partial charge in [-0.2, -0.15) is 0 Å². The van der Waals surface area contributed by atoms with Crippen LogP contribution in [-0.4, -0.2) is 70.2 Å². The number of aromatic nitrogens is 2. The molecule has 214 valence electrons. The first-order chi connectivity index (χ1) is 19.7. The number of aliphatic hydroxyl groups is 1. The molecule has 2 aliphatic rings. The van der Waals surface area contributed by atoms with E-state index in [0.717, 1.165) is 5.56 Å². The number of ether oxygens (including phenoxy) is 2. The number of halogens is 2. The molecule has 0 saturated carbocycles. The van der Waals surface area contributed by atoms with Gasteiger partial charge < -0.3 is 30.1 Å². The van der Waals surface area contributed by atoms with Gasteiger partial charge in [-0.1, -0.05) is 23.7 Å². The Hall–Kier alpha value is -4.29. The molecule has 3 N–H and O–H groups in total. The van der Waals surface area contributed by atoms with Crippen LogP contribution < -0.4 is 15.4 Å². The predicted octanol–water partition coefficient (Wildman–Crippen LogP) is 3.32. The van der Waals surface area contributed by atoms with Crippen LogP contribution in [0.2, 0.25) is 5.02 Å². The second-order valence-corrected chi connectivity index (χ2v) is 10.1. The third kappa shape index (κ3) is 5.79. The molecule has 0 fully saturated rings. The van der Waals surface area contributed by atoms with Crippen LogP contribution in [0, 0.1) is 5.82 Å². The fraction of sp³-hybridized carbons (Fsp3) is 0.321. The Morgan fingerprint density at radius 2 is 2.12 bits per heavy atom. The number of hydrogen-bond acceptors (Lipinski definition) is 9. The lowest BCUT2D eigenvalue weighted by atomic mass is 10.0. The number of nitrogens with one attached hydrogen (secondary N) is 2. The van der Waals surface area contributed by atoms with Crippen LogP contribution in [0.15, 0.2) is 47.6 Å². The van der Waals surface area contributed by atoms with E-state index >= 15 is 0 Å². The minimum atomic E-state index is -0.895. The maximum absolute atomic E-state index is 14.0. The van der Waals surface area contributed by atoms with Gasteiger partial charge in [0, 0.05) is 23.7 Å². The minimum absolute atomic E-state index is 0.190. The number of amides is 2. The number of anilines is 1. The first kappa shape index (κ1) is 28.2. The molecule has 0 bridgehead atoms. The van der Waals surface area contributed by atoms with E-state index in [-0.39, 0.29) is 30.5 Å². The van der Waals surface area contributed by atoms with Crippen molar-refractivity contribution >= 4 is 35.8 Å². The zero-order valence-electron chi connectivity index (χ0n) is 22.5. The minimum Gasteiger partial charge on any atom is -0.497 e. The van der Waals surface area contributed by atoms with Crippen molar-refractivity contribution in [1.29, 1.82) is 0 Å². The average molecular weight is 583 g/mol. The molecule has 0 radical (unpaired) electrons. The Morgan fingerprint density at radius 1 is 1.32 bits per heavy atom. The molecule has 41 heavy (non-hydrogen) atoms. The number of methoxy groups -OCH3 is 1. The molecule has 2 aromatic carbocycles. The Labute approximate surface area is 240 Å². The number of hydrogen-bond donors (Lipinski definition) is 3. The lowest BCUT2D eigenvalue weighted by Crippen LogP contribution is -2.46. The van der Waals surface area contributed by atoms with Crippen molar-refractivity contribution in [3.05, 3.63) is 70.1 Å². The first-order valence-electron chi connectivity index (χ1n) is 12.8. The second-order valence-electron chi connectivity index (χ2n) is 9.72. The van der Waals surface area contributed by atoms with Crippen molar-refractivity contribution in [3.63, 3.8) is 0 Å². The highest BCUT2D eigenvalue weighted by atomic mass is 35.5. The predicted molar refractivity (Wildman–Crippen MR) is 149 cm³/mol. The summed E-state index contributed by atoms with van der Waals surface area (Å²) in [6.45, 7) is 3.19. The summed E-state index contributed by atoms with van der Waals surface area (Å²) in [4.78, 5) is 40.9. The third-order valence-corrected chi connectivity index (χ3v) is 7.33. The van der Waals surface area contributed by atoms with Crippen molar-refractivity contribution in [2.75, 3.05) is 19.0 Å². The summed E-state index contributed by atoms with van der Waals surface area (Å²) in [7, 11) is 1.39. The van der Waals surface area contributed by atoms with Crippen LogP contribution >= 0.6 is 11.6 Å². The summed E-state index contributed by atoms with van der Waals surface area (Å²) in [5, 5.41) is 16.0. The zero-order valence-corrected chi connectivity index (χ0v) is 23.2. The molecule has 3 aromatic rings. The number of rotatable bonds is 9. The molecule has 11 nitrogen and oxygen atoms in total. The summed E-state index contributed by atoms with van der Waals surface area (Å²) in [5.74, 6) is -0.854. The maximum Gasteiger partial charge on any atom is 0.255 e. The van der Waals surface area contributed by atoms with Gasteiger partial charge in [0.2, 0.25) is 11.9 Å². The van der Waals surface area contributed by atoms with E-state index in [2.05, 4.69) is 25.6 Å². The van der Waals surface area contributed by atoms with Crippen molar-refractivity contribution in [2.45, 2.75) is 44.7 Å². The topological polar surface area (TPSA) is 138 Å². The SMILES string of the molecule is COc1cc(F)cc([C@@H](CO)NC(=O)[C@@H](C)N2Cc3ccc(-c4nc(N[C@@H]5N=CO[C@@H]5C)ncc4Cl)cc3C2=O)c1. The van der Waals surface area contributed by atoms with Gasteiger partial charge in [0.05, 0.1) is 36.7 Å².